The summed E-state index contributed by atoms with van der Waals surface area (Å²) in [7, 11) is 0. The Hall–Kier alpha value is -1.59. The number of hydrogen-bond donors (Lipinski definition) is 2. The maximum Gasteiger partial charge on any atom is 0.249 e. The molecule has 118 valence electrons. The van der Waals surface area contributed by atoms with Crippen LogP contribution >= 0.6 is 11.6 Å². The number of benzene rings is 1. The van der Waals surface area contributed by atoms with E-state index in [0.717, 1.165) is 18.5 Å². The molecule has 1 saturated heterocycles. The molecule has 1 heterocycles. The van der Waals surface area contributed by atoms with E-state index in [1.54, 1.807) is 17.0 Å². The Bertz CT molecular complexity index is 599. The van der Waals surface area contributed by atoms with Crippen LogP contribution in [0.1, 0.15) is 32.1 Å². The summed E-state index contributed by atoms with van der Waals surface area (Å²) in [6, 6.07) is 6.68. The number of rotatable bonds is 3. The molecule has 6 heteroatoms. The Morgan fingerprint density at radius 3 is 2.77 bits per heavy atom. The first-order chi connectivity index (χ1) is 10.5. The third-order valence-electron chi connectivity index (χ3n) is 4.58. The van der Waals surface area contributed by atoms with Crippen molar-refractivity contribution in [1.29, 1.82) is 0 Å². The van der Waals surface area contributed by atoms with E-state index in [1.165, 1.54) is 0 Å². The van der Waals surface area contributed by atoms with E-state index in [-0.39, 0.29) is 11.8 Å². The van der Waals surface area contributed by atoms with Gasteiger partial charge in [0.25, 0.3) is 0 Å². The first kappa shape index (κ1) is 15.3. The van der Waals surface area contributed by atoms with Crippen LogP contribution in [0.5, 0.6) is 0 Å². The summed E-state index contributed by atoms with van der Waals surface area (Å²) in [5.41, 5.74) is 6.10. The monoisotopic (exact) mass is 321 g/mol. The number of nitrogens with two attached hydrogens (primary N) is 1. The predicted octanol–water partition coefficient (Wildman–Crippen LogP) is 1.83. The molecule has 0 aromatic heterocycles. The van der Waals surface area contributed by atoms with Crippen LogP contribution in [0.15, 0.2) is 24.3 Å². The van der Waals surface area contributed by atoms with Gasteiger partial charge in [-0.2, -0.15) is 0 Å². The molecule has 2 fully saturated rings. The molecular formula is C16H20ClN3O2. The van der Waals surface area contributed by atoms with Gasteiger partial charge in [-0.25, -0.2) is 0 Å². The van der Waals surface area contributed by atoms with Crippen molar-refractivity contribution in [2.24, 2.45) is 5.73 Å². The summed E-state index contributed by atoms with van der Waals surface area (Å²) >= 11 is 5.97. The van der Waals surface area contributed by atoms with Crippen LogP contribution < -0.4 is 16.0 Å². The lowest BCUT2D eigenvalue weighted by molar-refractivity contribution is -0.130. The second kappa shape index (κ2) is 5.89. The average Bonchev–Trinajstić information content (AvgIpc) is 3.07. The number of carbonyl (C=O) groups is 2. The summed E-state index contributed by atoms with van der Waals surface area (Å²) in [4.78, 5) is 26.5. The fourth-order valence-corrected chi connectivity index (χ4v) is 3.43. The third-order valence-corrected chi connectivity index (χ3v) is 4.81. The van der Waals surface area contributed by atoms with Crippen molar-refractivity contribution < 1.29 is 9.59 Å². The number of nitrogens with zero attached hydrogens (tertiary/aromatic N) is 1. The maximum absolute atomic E-state index is 12.5. The molecule has 1 atom stereocenters. The topological polar surface area (TPSA) is 75.4 Å². The Balaban J connectivity index is 1.67. The second-order valence-corrected chi connectivity index (χ2v) is 6.58. The minimum absolute atomic E-state index is 0.0998. The first-order valence-electron chi connectivity index (χ1n) is 7.66. The van der Waals surface area contributed by atoms with Gasteiger partial charge in [-0.15, -0.1) is 0 Å². The second-order valence-electron chi connectivity index (χ2n) is 6.15. The van der Waals surface area contributed by atoms with Crippen molar-refractivity contribution in [3.63, 3.8) is 0 Å². The third kappa shape index (κ3) is 2.83. The Labute approximate surface area is 134 Å². The number of hydrogen-bond acceptors (Lipinski definition) is 3. The molecule has 0 spiro atoms. The molecule has 0 bridgehead atoms. The van der Waals surface area contributed by atoms with Gasteiger partial charge in [-0.05, 0) is 37.5 Å². The van der Waals surface area contributed by atoms with Gasteiger partial charge in [0.1, 0.15) is 6.04 Å². The van der Waals surface area contributed by atoms with Crippen LogP contribution in [0.4, 0.5) is 5.69 Å². The fourth-order valence-electron chi connectivity index (χ4n) is 3.25. The van der Waals surface area contributed by atoms with Crippen molar-refractivity contribution in [3.8, 4) is 0 Å². The van der Waals surface area contributed by atoms with Gasteiger partial charge in [-0.3, -0.25) is 9.59 Å². The fraction of sp³-hybridized carbons (Fsp3) is 0.500. The highest BCUT2D eigenvalue weighted by atomic mass is 35.5. The summed E-state index contributed by atoms with van der Waals surface area (Å²) in [5, 5.41) is 3.42. The molecule has 1 aliphatic carbocycles. The van der Waals surface area contributed by atoms with Crippen molar-refractivity contribution in [1.82, 2.24) is 5.32 Å². The normalized spacial score (nSPS) is 23.8. The molecule has 0 radical (unpaired) electrons. The van der Waals surface area contributed by atoms with E-state index in [2.05, 4.69) is 5.32 Å². The van der Waals surface area contributed by atoms with Gasteiger partial charge in [-0.1, -0.05) is 30.5 Å². The molecule has 3 rings (SSSR count). The van der Waals surface area contributed by atoms with Crippen LogP contribution in [-0.2, 0) is 9.59 Å². The van der Waals surface area contributed by atoms with Crippen LogP contribution in [0, 0.1) is 0 Å². The average molecular weight is 322 g/mol. The summed E-state index contributed by atoms with van der Waals surface area (Å²) in [6.07, 6.45) is 3.91. The quantitative estimate of drug-likeness (QED) is 0.892. The highest BCUT2D eigenvalue weighted by Gasteiger charge is 2.41. The zero-order valence-electron chi connectivity index (χ0n) is 12.3. The zero-order chi connectivity index (χ0) is 15.7. The lowest BCUT2D eigenvalue weighted by Crippen LogP contribution is -2.55. The molecule has 1 unspecified atom stereocenters. The van der Waals surface area contributed by atoms with Gasteiger partial charge >= 0.3 is 0 Å². The molecule has 5 nitrogen and oxygen atoms in total. The number of carbonyl (C=O) groups excluding carboxylic acids is 2. The predicted molar refractivity (Wildman–Crippen MR) is 85.7 cm³/mol. The van der Waals surface area contributed by atoms with E-state index >= 15 is 0 Å². The lowest BCUT2D eigenvalue weighted by Gasteiger charge is -2.24. The number of halogens is 1. The number of amides is 2. The Morgan fingerprint density at radius 2 is 2.09 bits per heavy atom. The van der Waals surface area contributed by atoms with Crippen LogP contribution in [0.25, 0.3) is 0 Å². The highest BCUT2D eigenvalue weighted by molar-refractivity contribution is 6.31. The minimum Gasteiger partial charge on any atom is -0.343 e. The Morgan fingerprint density at radius 1 is 1.36 bits per heavy atom. The Kier molecular flexibility index (Phi) is 4.10. The van der Waals surface area contributed by atoms with Gasteiger partial charge in [0.15, 0.2) is 0 Å². The lowest BCUT2D eigenvalue weighted by atomic mass is 9.97. The smallest absolute Gasteiger partial charge is 0.249 e. The standard InChI is InChI=1S/C16H20ClN3O2/c17-11-4-3-5-12(10-11)20-9-6-13(14(20)21)19-15(22)16(18)7-1-2-8-16/h3-5,10,13H,1-2,6-9,18H2,(H,19,22). The van der Waals surface area contributed by atoms with Crippen molar-refractivity contribution >= 4 is 29.1 Å². The van der Waals surface area contributed by atoms with Gasteiger partial charge < -0.3 is 16.0 Å². The molecule has 1 aromatic rings. The van der Waals surface area contributed by atoms with Crippen molar-refractivity contribution in [3.05, 3.63) is 29.3 Å². The van der Waals surface area contributed by atoms with Crippen molar-refractivity contribution in [2.45, 2.75) is 43.7 Å². The maximum atomic E-state index is 12.5. The summed E-state index contributed by atoms with van der Waals surface area (Å²) < 4.78 is 0. The SMILES string of the molecule is NC1(C(=O)NC2CCN(c3cccc(Cl)c3)C2=O)CCCC1. The molecule has 3 N–H and O–H groups in total. The number of nitrogens with one attached hydrogen (secondary N) is 1. The van der Waals surface area contributed by atoms with Gasteiger partial charge in [0.2, 0.25) is 11.8 Å². The van der Waals surface area contributed by atoms with E-state index in [0.29, 0.717) is 30.8 Å². The first-order valence-corrected chi connectivity index (χ1v) is 8.04. The van der Waals surface area contributed by atoms with Gasteiger partial charge in [0, 0.05) is 17.3 Å². The molecule has 2 amide bonds. The summed E-state index contributed by atoms with van der Waals surface area (Å²) in [6.45, 7) is 0.571. The number of anilines is 1. The molecule has 1 aromatic carbocycles. The highest BCUT2D eigenvalue weighted by Crippen LogP contribution is 2.28. The molecular weight excluding hydrogens is 302 g/mol. The largest absolute Gasteiger partial charge is 0.343 e. The van der Waals surface area contributed by atoms with E-state index in [1.807, 2.05) is 12.1 Å². The molecule has 1 saturated carbocycles. The van der Waals surface area contributed by atoms with E-state index < -0.39 is 11.6 Å². The van der Waals surface area contributed by atoms with Crippen LogP contribution in [-0.4, -0.2) is 29.9 Å². The van der Waals surface area contributed by atoms with Crippen molar-refractivity contribution in [2.75, 3.05) is 11.4 Å². The van der Waals surface area contributed by atoms with Crippen LogP contribution in [0.2, 0.25) is 5.02 Å². The zero-order valence-corrected chi connectivity index (χ0v) is 13.1. The van der Waals surface area contributed by atoms with Crippen LogP contribution in [0.3, 0.4) is 0 Å². The molecule has 2 aliphatic rings. The molecule has 22 heavy (non-hydrogen) atoms. The molecule has 1 aliphatic heterocycles. The van der Waals surface area contributed by atoms with Gasteiger partial charge in [0.05, 0.1) is 5.54 Å². The van der Waals surface area contributed by atoms with E-state index in [4.69, 9.17) is 17.3 Å². The summed E-state index contributed by atoms with van der Waals surface area (Å²) in [5.74, 6) is -0.298. The van der Waals surface area contributed by atoms with E-state index in [9.17, 15) is 9.59 Å². The minimum atomic E-state index is -0.802.